The lowest BCUT2D eigenvalue weighted by Gasteiger charge is -2.42. The average molecular weight is 510 g/mol. The number of aromatic nitrogens is 5. The van der Waals surface area contributed by atoms with Crippen LogP contribution in [0.15, 0.2) is 61.1 Å². The van der Waals surface area contributed by atoms with Crippen molar-refractivity contribution in [1.82, 2.24) is 29.2 Å². The van der Waals surface area contributed by atoms with Gasteiger partial charge in [-0.25, -0.2) is 14.6 Å². The maximum absolute atomic E-state index is 7.22. The van der Waals surface area contributed by atoms with Crippen molar-refractivity contribution in [3.8, 4) is 11.4 Å². The lowest BCUT2D eigenvalue weighted by atomic mass is 9.84. The molecule has 0 unspecified atom stereocenters. The fourth-order valence-corrected chi connectivity index (χ4v) is 5.99. The van der Waals surface area contributed by atoms with E-state index in [0.717, 1.165) is 79.7 Å². The molecule has 2 aliphatic heterocycles. The van der Waals surface area contributed by atoms with Gasteiger partial charge in [0.1, 0.15) is 11.6 Å². The first-order chi connectivity index (χ1) is 18.5. The zero-order chi connectivity index (χ0) is 26.1. The Kier molecular flexibility index (Phi) is 6.59. The topological polar surface area (TPSA) is 87.0 Å². The van der Waals surface area contributed by atoms with E-state index in [1.165, 1.54) is 5.56 Å². The molecule has 4 aromatic rings. The third-order valence-corrected chi connectivity index (χ3v) is 7.92. The van der Waals surface area contributed by atoms with Crippen LogP contribution in [0, 0.1) is 6.92 Å². The molecule has 2 N–H and O–H groups in total. The van der Waals surface area contributed by atoms with Gasteiger partial charge in [-0.05, 0) is 61.9 Å². The van der Waals surface area contributed by atoms with Gasteiger partial charge in [-0.2, -0.15) is 5.10 Å². The second-order valence-corrected chi connectivity index (χ2v) is 10.4. The van der Waals surface area contributed by atoms with E-state index in [1.807, 2.05) is 42.0 Å². The van der Waals surface area contributed by atoms with Gasteiger partial charge in [-0.1, -0.05) is 42.5 Å². The van der Waals surface area contributed by atoms with Gasteiger partial charge >= 0.3 is 0 Å². The molecule has 0 radical (unpaired) electrons. The fraction of sp³-hybridized carbons (Fsp3) is 0.367. The summed E-state index contributed by atoms with van der Waals surface area (Å²) in [6.07, 6.45) is 12.0. The first kappa shape index (κ1) is 24.6. The molecule has 0 saturated carbocycles. The van der Waals surface area contributed by atoms with E-state index in [1.54, 1.807) is 13.4 Å². The molecular formula is C30H35N7O. The van der Waals surface area contributed by atoms with Crippen molar-refractivity contribution in [3.05, 3.63) is 89.5 Å². The molecule has 0 amide bonds. The highest BCUT2D eigenvalue weighted by atomic mass is 16.5. The van der Waals surface area contributed by atoms with Crippen molar-refractivity contribution in [2.75, 3.05) is 13.7 Å². The summed E-state index contributed by atoms with van der Waals surface area (Å²) in [5, 5.41) is 4.84. The summed E-state index contributed by atoms with van der Waals surface area (Å²) in [6.45, 7) is 4.74. The minimum Gasteiger partial charge on any atom is -0.495 e. The highest BCUT2D eigenvalue weighted by Gasteiger charge is 2.47. The van der Waals surface area contributed by atoms with E-state index >= 15 is 0 Å². The quantitative estimate of drug-likeness (QED) is 0.386. The van der Waals surface area contributed by atoms with Crippen molar-refractivity contribution in [2.45, 2.75) is 57.3 Å². The van der Waals surface area contributed by atoms with Crippen molar-refractivity contribution in [1.29, 1.82) is 0 Å². The standard InChI is InChI=1S/C30H35N7O/c1-22-19-35(21-32-22)26-13-11-23(18-27(26)38-2)12-14-28-33-29-25(10-6-17-37(29)34-28)30(31)15-7-16-36(30)20-24-8-4-3-5-9-24/h3-5,8-9,11-14,18-19,21,25H,6-7,10,15-17,20,31H2,1-2H3/b14-12+/t25-,30-/m1/s1. The predicted molar refractivity (Wildman–Crippen MR) is 149 cm³/mol. The monoisotopic (exact) mass is 509 g/mol. The number of imidazole rings is 1. The molecule has 2 atom stereocenters. The molecule has 0 spiro atoms. The summed E-state index contributed by atoms with van der Waals surface area (Å²) in [5.41, 5.74) is 11.0. The summed E-state index contributed by atoms with van der Waals surface area (Å²) >= 11 is 0. The molecule has 2 aromatic heterocycles. The third-order valence-electron chi connectivity index (χ3n) is 7.92. The number of hydrogen-bond acceptors (Lipinski definition) is 6. The summed E-state index contributed by atoms with van der Waals surface area (Å²) in [7, 11) is 1.69. The molecule has 2 aliphatic rings. The van der Waals surface area contributed by atoms with Gasteiger partial charge in [-0.15, -0.1) is 0 Å². The maximum Gasteiger partial charge on any atom is 0.174 e. The van der Waals surface area contributed by atoms with Crippen LogP contribution in [0.2, 0.25) is 0 Å². The van der Waals surface area contributed by atoms with Crippen LogP contribution in [0.4, 0.5) is 0 Å². The Labute approximate surface area is 223 Å². The number of likely N-dealkylation sites (tertiary alicyclic amines) is 1. The van der Waals surface area contributed by atoms with Crippen molar-refractivity contribution in [3.63, 3.8) is 0 Å². The fourth-order valence-electron chi connectivity index (χ4n) is 5.99. The minimum atomic E-state index is -0.406. The third kappa shape index (κ3) is 4.66. The maximum atomic E-state index is 7.22. The van der Waals surface area contributed by atoms with E-state index in [2.05, 4.69) is 51.0 Å². The highest BCUT2D eigenvalue weighted by molar-refractivity contribution is 5.69. The van der Waals surface area contributed by atoms with Gasteiger partial charge in [-0.3, -0.25) is 4.90 Å². The number of rotatable bonds is 7. The number of nitrogens with two attached hydrogens (primary N) is 1. The number of nitrogens with zero attached hydrogens (tertiary/aromatic N) is 6. The Balaban J connectivity index is 1.24. The zero-order valence-corrected chi connectivity index (χ0v) is 22.1. The molecule has 6 rings (SSSR count). The van der Waals surface area contributed by atoms with Crippen LogP contribution in [0.25, 0.3) is 17.8 Å². The summed E-state index contributed by atoms with van der Waals surface area (Å²) < 4.78 is 9.71. The Morgan fingerprint density at radius 3 is 2.76 bits per heavy atom. The number of fused-ring (bicyclic) bond motifs is 1. The predicted octanol–water partition coefficient (Wildman–Crippen LogP) is 4.78. The zero-order valence-electron chi connectivity index (χ0n) is 22.1. The van der Waals surface area contributed by atoms with Crippen LogP contribution >= 0.6 is 0 Å². The van der Waals surface area contributed by atoms with Crippen LogP contribution in [-0.2, 0) is 13.1 Å². The number of ether oxygens (including phenoxy) is 1. The van der Waals surface area contributed by atoms with Crippen molar-refractivity contribution in [2.24, 2.45) is 5.73 Å². The number of methoxy groups -OCH3 is 1. The first-order valence-electron chi connectivity index (χ1n) is 13.4. The number of hydrogen-bond donors (Lipinski definition) is 1. The largest absolute Gasteiger partial charge is 0.495 e. The molecule has 196 valence electrons. The minimum absolute atomic E-state index is 0.162. The van der Waals surface area contributed by atoms with Crippen molar-refractivity contribution >= 4 is 12.2 Å². The Bertz CT molecular complexity index is 1440. The van der Waals surface area contributed by atoms with E-state index < -0.39 is 5.66 Å². The second-order valence-electron chi connectivity index (χ2n) is 10.4. The van der Waals surface area contributed by atoms with Crippen LogP contribution in [0.5, 0.6) is 5.75 Å². The Morgan fingerprint density at radius 2 is 1.97 bits per heavy atom. The highest BCUT2D eigenvalue weighted by Crippen LogP contribution is 2.42. The molecule has 0 aliphatic carbocycles. The molecule has 1 saturated heterocycles. The molecular weight excluding hydrogens is 474 g/mol. The number of benzene rings is 2. The van der Waals surface area contributed by atoms with E-state index in [0.29, 0.717) is 0 Å². The molecule has 8 nitrogen and oxygen atoms in total. The average Bonchev–Trinajstić information content (AvgIpc) is 3.66. The van der Waals surface area contributed by atoms with Crippen molar-refractivity contribution < 1.29 is 4.74 Å². The number of aryl methyl sites for hydroxylation is 2. The smallest absolute Gasteiger partial charge is 0.174 e. The molecule has 38 heavy (non-hydrogen) atoms. The SMILES string of the molecule is COc1cc(/C=C/c2nc3n(n2)CCC[C@H]3[C@@]2(N)CCCN2Cc2ccccc2)ccc1-n1cnc(C)c1. The van der Waals surface area contributed by atoms with Crippen LogP contribution in [0.1, 0.15) is 60.1 Å². The van der Waals surface area contributed by atoms with Crippen LogP contribution in [0.3, 0.4) is 0 Å². The molecule has 2 aromatic carbocycles. The van der Waals surface area contributed by atoms with Gasteiger partial charge in [0.05, 0.1) is 36.4 Å². The van der Waals surface area contributed by atoms with E-state index in [9.17, 15) is 0 Å². The normalized spacial score (nSPS) is 21.7. The van der Waals surface area contributed by atoms with Gasteiger partial charge in [0.25, 0.3) is 0 Å². The van der Waals surface area contributed by atoms with Gasteiger partial charge < -0.3 is 15.0 Å². The molecule has 1 fully saturated rings. The van der Waals surface area contributed by atoms with Gasteiger partial charge in [0.15, 0.2) is 5.82 Å². The molecule has 4 heterocycles. The summed E-state index contributed by atoms with van der Waals surface area (Å²) in [6, 6.07) is 16.8. The first-order valence-corrected chi connectivity index (χ1v) is 13.4. The lowest BCUT2D eigenvalue weighted by Crippen LogP contribution is -2.56. The van der Waals surface area contributed by atoms with E-state index in [-0.39, 0.29) is 5.92 Å². The summed E-state index contributed by atoms with van der Waals surface area (Å²) in [5.74, 6) is 2.68. The van der Waals surface area contributed by atoms with Gasteiger partial charge in [0, 0.05) is 25.8 Å². The molecule has 8 heteroatoms. The van der Waals surface area contributed by atoms with Crippen LogP contribution in [-0.4, -0.2) is 48.5 Å². The summed E-state index contributed by atoms with van der Waals surface area (Å²) in [4.78, 5) is 11.8. The second kappa shape index (κ2) is 10.2. The Morgan fingerprint density at radius 1 is 1.11 bits per heavy atom. The van der Waals surface area contributed by atoms with Crippen LogP contribution < -0.4 is 10.5 Å². The van der Waals surface area contributed by atoms with Gasteiger partial charge in [0.2, 0.25) is 0 Å². The molecule has 0 bridgehead atoms. The van der Waals surface area contributed by atoms with E-state index in [4.69, 9.17) is 20.6 Å². The Hall–Kier alpha value is -3.75. The lowest BCUT2D eigenvalue weighted by molar-refractivity contribution is 0.0865.